The minimum Gasteiger partial charge on any atom is -0.507 e. The lowest BCUT2D eigenvalue weighted by Gasteiger charge is -2.20. The van der Waals surface area contributed by atoms with Gasteiger partial charge in [-0.2, -0.15) is 0 Å². The van der Waals surface area contributed by atoms with E-state index in [2.05, 4.69) is 9.44 Å². The van der Waals surface area contributed by atoms with Crippen LogP contribution in [0.1, 0.15) is 54.9 Å². The Hall–Kier alpha value is -3.93. The predicted molar refractivity (Wildman–Crippen MR) is 160 cm³/mol. The molecule has 2 atom stereocenters. The van der Waals surface area contributed by atoms with Gasteiger partial charge in [-0.3, -0.25) is 4.72 Å². The van der Waals surface area contributed by atoms with Crippen molar-refractivity contribution >= 4 is 25.7 Å². The molecule has 9 nitrogen and oxygen atoms in total. The number of nitrogens with one attached hydrogen (secondary N) is 2. The lowest BCUT2D eigenvalue weighted by Crippen LogP contribution is -2.29. The molecule has 1 aliphatic carbocycles. The van der Waals surface area contributed by atoms with Gasteiger partial charge in [0.1, 0.15) is 11.5 Å². The quantitative estimate of drug-likeness (QED) is 0.202. The van der Waals surface area contributed by atoms with Crippen molar-refractivity contribution in [2.24, 2.45) is 5.92 Å². The molecule has 1 aliphatic rings. The molecule has 0 aliphatic heterocycles. The Labute approximate surface area is 245 Å². The average molecular weight is 609 g/mol. The fraction of sp³-hybridized carbons (Fsp3) is 0.258. The van der Waals surface area contributed by atoms with Crippen LogP contribution in [-0.4, -0.2) is 28.5 Å². The van der Waals surface area contributed by atoms with Gasteiger partial charge in [-0.05, 0) is 67.1 Å². The van der Waals surface area contributed by atoms with Crippen LogP contribution in [0.5, 0.6) is 5.75 Å². The Morgan fingerprint density at radius 2 is 1.48 bits per heavy atom. The Morgan fingerprint density at radius 1 is 0.857 bits per heavy atom. The zero-order valence-corrected chi connectivity index (χ0v) is 24.6. The second-order valence-electron chi connectivity index (χ2n) is 10.4. The summed E-state index contributed by atoms with van der Waals surface area (Å²) >= 11 is 0. The third kappa shape index (κ3) is 6.59. The largest absolute Gasteiger partial charge is 0.507 e. The van der Waals surface area contributed by atoms with Gasteiger partial charge in [0.25, 0.3) is 10.0 Å². The van der Waals surface area contributed by atoms with E-state index in [0.717, 1.165) is 12.8 Å². The number of hydrogen-bond donors (Lipinski definition) is 3. The van der Waals surface area contributed by atoms with Gasteiger partial charge in [-0.15, -0.1) is 0 Å². The first-order valence-electron chi connectivity index (χ1n) is 13.7. The van der Waals surface area contributed by atoms with Crippen LogP contribution in [0.3, 0.4) is 0 Å². The highest BCUT2D eigenvalue weighted by molar-refractivity contribution is 7.92. The molecule has 5 rings (SSSR count). The standard InChI is InChI=1S/C31H32N2O7S2/c1-2-21(20-32-41(36,37)25-12-5-3-6-13-25)28-19-27(34)30(31(35)40-28)29(22-16-17-22)23-10-9-11-24(18-23)33-42(38,39)26-14-7-4-8-15-26/h3-15,18-19,21-22,29,32-34H,2,16-17,20H2,1H3. The van der Waals surface area contributed by atoms with Crippen LogP contribution in [0.25, 0.3) is 0 Å². The van der Waals surface area contributed by atoms with Crippen LogP contribution in [0.4, 0.5) is 5.69 Å². The second kappa shape index (κ2) is 12.1. The lowest BCUT2D eigenvalue weighted by atomic mass is 9.87. The number of anilines is 1. The summed E-state index contributed by atoms with van der Waals surface area (Å²) in [5, 5.41) is 11.1. The summed E-state index contributed by atoms with van der Waals surface area (Å²) in [5.41, 5.74) is 0.397. The summed E-state index contributed by atoms with van der Waals surface area (Å²) in [6.07, 6.45) is 2.13. The van der Waals surface area contributed by atoms with Crippen molar-refractivity contribution in [1.82, 2.24) is 4.72 Å². The topological polar surface area (TPSA) is 143 Å². The highest BCUT2D eigenvalue weighted by Gasteiger charge is 2.38. The van der Waals surface area contributed by atoms with Gasteiger partial charge in [0.15, 0.2) is 0 Å². The molecule has 11 heteroatoms. The van der Waals surface area contributed by atoms with Crippen molar-refractivity contribution in [3.63, 3.8) is 0 Å². The fourth-order valence-corrected chi connectivity index (χ4v) is 7.22. The van der Waals surface area contributed by atoms with Crippen LogP contribution in [0.15, 0.2) is 110 Å². The highest BCUT2D eigenvalue weighted by Crippen LogP contribution is 2.48. The van der Waals surface area contributed by atoms with Crippen molar-refractivity contribution in [3.05, 3.63) is 118 Å². The number of benzene rings is 3. The first kappa shape index (κ1) is 29.6. The van der Waals surface area contributed by atoms with Gasteiger partial charge in [0.05, 0.1) is 15.4 Å². The van der Waals surface area contributed by atoms with Crippen LogP contribution in [0, 0.1) is 5.92 Å². The van der Waals surface area contributed by atoms with Gasteiger partial charge >= 0.3 is 5.63 Å². The average Bonchev–Trinajstić information content (AvgIpc) is 3.81. The summed E-state index contributed by atoms with van der Waals surface area (Å²) in [4.78, 5) is 13.6. The molecular formula is C31H32N2O7S2. The molecule has 42 heavy (non-hydrogen) atoms. The molecule has 2 unspecified atom stereocenters. The molecule has 0 bridgehead atoms. The third-order valence-electron chi connectivity index (χ3n) is 7.41. The molecule has 4 aromatic rings. The maximum Gasteiger partial charge on any atom is 0.343 e. The van der Waals surface area contributed by atoms with Crippen molar-refractivity contribution in [2.45, 2.75) is 47.8 Å². The molecular weight excluding hydrogens is 576 g/mol. The normalized spacial score (nSPS) is 15.2. The monoisotopic (exact) mass is 608 g/mol. The Kier molecular flexibility index (Phi) is 8.53. The lowest BCUT2D eigenvalue weighted by molar-refractivity contribution is 0.379. The van der Waals surface area contributed by atoms with E-state index in [1.54, 1.807) is 60.7 Å². The maximum atomic E-state index is 13.4. The summed E-state index contributed by atoms with van der Waals surface area (Å²) in [5.74, 6) is -0.985. The number of hydrogen-bond acceptors (Lipinski definition) is 7. The van der Waals surface area contributed by atoms with Gasteiger partial charge in [0, 0.05) is 30.1 Å². The second-order valence-corrected chi connectivity index (χ2v) is 13.8. The van der Waals surface area contributed by atoms with Gasteiger partial charge in [-0.25, -0.2) is 26.4 Å². The van der Waals surface area contributed by atoms with E-state index >= 15 is 0 Å². The molecule has 0 spiro atoms. The van der Waals surface area contributed by atoms with Crippen LogP contribution in [-0.2, 0) is 20.0 Å². The molecule has 0 amide bonds. The summed E-state index contributed by atoms with van der Waals surface area (Å²) in [7, 11) is -7.59. The van der Waals surface area contributed by atoms with Crippen LogP contribution < -0.4 is 15.1 Å². The van der Waals surface area contributed by atoms with Crippen LogP contribution >= 0.6 is 0 Å². The van der Waals surface area contributed by atoms with Gasteiger partial charge < -0.3 is 9.52 Å². The van der Waals surface area contributed by atoms with Crippen molar-refractivity contribution in [3.8, 4) is 5.75 Å². The summed E-state index contributed by atoms with van der Waals surface area (Å²) in [6.45, 7) is 1.81. The zero-order chi connectivity index (χ0) is 29.9. The minimum atomic E-state index is -3.82. The molecule has 1 aromatic heterocycles. The van der Waals surface area contributed by atoms with E-state index in [4.69, 9.17) is 4.42 Å². The molecule has 1 saturated carbocycles. The van der Waals surface area contributed by atoms with E-state index in [9.17, 15) is 26.7 Å². The van der Waals surface area contributed by atoms with E-state index < -0.39 is 37.5 Å². The molecule has 3 N–H and O–H groups in total. The SMILES string of the molecule is CCC(CNS(=O)(=O)c1ccccc1)c1cc(O)c(C(c2cccc(NS(=O)(=O)c3ccccc3)c2)C2CC2)c(=O)o1. The molecule has 0 radical (unpaired) electrons. The first-order chi connectivity index (χ1) is 20.1. The third-order valence-corrected chi connectivity index (χ3v) is 10.2. The van der Waals surface area contributed by atoms with E-state index in [1.807, 2.05) is 6.92 Å². The van der Waals surface area contributed by atoms with Crippen LogP contribution in [0.2, 0.25) is 0 Å². The van der Waals surface area contributed by atoms with Crippen molar-refractivity contribution in [1.29, 1.82) is 0 Å². The molecule has 1 fully saturated rings. The predicted octanol–water partition coefficient (Wildman–Crippen LogP) is 5.16. The van der Waals surface area contributed by atoms with Crippen molar-refractivity contribution < 1.29 is 26.4 Å². The minimum absolute atomic E-state index is 0.0227. The van der Waals surface area contributed by atoms with E-state index in [1.165, 1.54) is 30.3 Å². The van der Waals surface area contributed by atoms with E-state index in [-0.39, 0.29) is 39.3 Å². The molecule has 1 heterocycles. The first-order valence-corrected chi connectivity index (χ1v) is 16.6. The Bertz CT molecular complexity index is 1820. The van der Waals surface area contributed by atoms with E-state index in [0.29, 0.717) is 17.7 Å². The molecule has 0 saturated heterocycles. The number of aromatic hydroxyl groups is 1. The zero-order valence-electron chi connectivity index (χ0n) is 22.9. The summed E-state index contributed by atoms with van der Waals surface area (Å²) < 4.78 is 62.0. The number of rotatable bonds is 12. The fourth-order valence-electron chi connectivity index (χ4n) is 5.05. The smallest absolute Gasteiger partial charge is 0.343 e. The maximum absolute atomic E-state index is 13.4. The van der Waals surface area contributed by atoms with Gasteiger partial charge in [0.2, 0.25) is 10.0 Å². The number of sulfonamides is 2. The van der Waals surface area contributed by atoms with Crippen molar-refractivity contribution in [2.75, 3.05) is 11.3 Å². The van der Waals surface area contributed by atoms with Gasteiger partial charge in [-0.1, -0.05) is 55.5 Å². The Morgan fingerprint density at radius 3 is 2.05 bits per heavy atom. The summed E-state index contributed by atoms with van der Waals surface area (Å²) in [6, 6.07) is 24.2. The Balaban J connectivity index is 1.41. The highest BCUT2D eigenvalue weighted by atomic mass is 32.2. The molecule has 220 valence electrons. The molecule has 3 aromatic carbocycles.